The number of aromatic amines is 1. The predicted molar refractivity (Wildman–Crippen MR) is 76.4 cm³/mol. The van der Waals surface area contributed by atoms with Crippen LogP contribution in [0.5, 0.6) is 0 Å². The lowest BCUT2D eigenvalue weighted by Gasteiger charge is -2.17. The van der Waals surface area contributed by atoms with Crippen LogP contribution in [0.25, 0.3) is 0 Å². The maximum absolute atomic E-state index is 11.9. The molecule has 0 bridgehead atoms. The van der Waals surface area contributed by atoms with Crippen molar-refractivity contribution in [1.82, 2.24) is 9.55 Å². The highest BCUT2D eigenvalue weighted by molar-refractivity contribution is 5.71. The van der Waals surface area contributed by atoms with Crippen molar-refractivity contribution in [3.05, 3.63) is 32.6 Å². The van der Waals surface area contributed by atoms with Gasteiger partial charge in [0.1, 0.15) is 18.4 Å². The van der Waals surface area contributed by atoms with E-state index in [2.05, 4.69) is 4.98 Å². The first kappa shape index (κ1) is 16.4. The number of nitrogens with zero attached hydrogens (tertiary/aromatic N) is 1. The Kier molecular flexibility index (Phi) is 4.82. The van der Waals surface area contributed by atoms with Crippen molar-refractivity contribution in [2.75, 3.05) is 6.61 Å². The van der Waals surface area contributed by atoms with E-state index < -0.39 is 35.7 Å². The minimum absolute atomic E-state index is 0.231. The maximum atomic E-state index is 11.9. The Morgan fingerprint density at radius 2 is 2.23 bits per heavy atom. The molecular formula is C14H20N2O6. The highest BCUT2D eigenvalue weighted by atomic mass is 16.6. The average Bonchev–Trinajstić information content (AvgIpc) is 2.85. The summed E-state index contributed by atoms with van der Waals surface area (Å²) in [7, 11) is 0. The zero-order chi connectivity index (χ0) is 16.4. The molecule has 0 saturated carbocycles. The highest BCUT2D eigenvalue weighted by Crippen LogP contribution is 2.30. The van der Waals surface area contributed by atoms with Gasteiger partial charge < -0.3 is 14.6 Å². The summed E-state index contributed by atoms with van der Waals surface area (Å²) in [6.07, 6.45) is -0.414. The molecule has 1 fully saturated rings. The zero-order valence-electron chi connectivity index (χ0n) is 12.7. The van der Waals surface area contributed by atoms with Crippen molar-refractivity contribution in [3.8, 4) is 0 Å². The first-order chi connectivity index (χ1) is 10.3. The average molecular weight is 312 g/mol. The SMILES string of the molecule is Cc1cn([C@H]2C[C@H](OC(=O)C(C)C)[C@H](CO)O2)c(=O)[nH]c1=O. The number of hydrogen-bond acceptors (Lipinski definition) is 6. The number of esters is 1. The van der Waals surface area contributed by atoms with Crippen LogP contribution >= 0.6 is 0 Å². The number of ether oxygens (including phenoxy) is 2. The van der Waals surface area contributed by atoms with E-state index in [1.54, 1.807) is 20.8 Å². The first-order valence-corrected chi connectivity index (χ1v) is 7.12. The molecule has 0 amide bonds. The van der Waals surface area contributed by atoms with Gasteiger partial charge in [-0.2, -0.15) is 0 Å². The summed E-state index contributed by atoms with van der Waals surface area (Å²) in [5.41, 5.74) is -0.694. The van der Waals surface area contributed by atoms with Crippen molar-refractivity contribution in [2.24, 2.45) is 5.92 Å². The van der Waals surface area contributed by atoms with Gasteiger partial charge in [-0.15, -0.1) is 0 Å². The van der Waals surface area contributed by atoms with Gasteiger partial charge in [-0.05, 0) is 6.92 Å². The number of aliphatic hydroxyl groups excluding tert-OH is 1. The topological polar surface area (TPSA) is 111 Å². The number of aryl methyl sites for hydroxylation is 1. The molecule has 3 atom stereocenters. The number of H-pyrrole nitrogens is 1. The van der Waals surface area contributed by atoms with Crippen LogP contribution in [-0.4, -0.2) is 39.4 Å². The first-order valence-electron chi connectivity index (χ1n) is 7.12. The van der Waals surface area contributed by atoms with Gasteiger partial charge in [0.15, 0.2) is 0 Å². The second kappa shape index (κ2) is 6.45. The van der Waals surface area contributed by atoms with E-state index in [-0.39, 0.29) is 18.9 Å². The summed E-state index contributed by atoms with van der Waals surface area (Å²) in [5.74, 6) is -0.686. The minimum atomic E-state index is -0.704. The van der Waals surface area contributed by atoms with Crippen molar-refractivity contribution < 1.29 is 19.4 Å². The summed E-state index contributed by atoms with van der Waals surface area (Å²) < 4.78 is 12.1. The van der Waals surface area contributed by atoms with Crippen LogP contribution in [0.1, 0.15) is 32.1 Å². The Balaban J connectivity index is 2.22. The fraction of sp³-hybridized carbons (Fsp3) is 0.643. The van der Waals surface area contributed by atoms with Crippen LogP contribution in [0.15, 0.2) is 15.8 Å². The van der Waals surface area contributed by atoms with E-state index >= 15 is 0 Å². The second-order valence-electron chi connectivity index (χ2n) is 5.66. The van der Waals surface area contributed by atoms with Crippen LogP contribution in [0, 0.1) is 12.8 Å². The Hall–Kier alpha value is -1.93. The van der Waals surface area contributed by atoms with E-state index in [4.69, 9.17) is 9.47 Å². The third-order valence-corrected chi connectivity index (χ3v) is 3.56. The van der Waals surface area contributed by atoms with Crippen molar-refractivity contribution in [1.29, 1.82) is 0 Å². The van der Waals surface area contributed by atoms with Crippen molar-refractivity contribution in [3.63, 3.8) is 0 Å². The molecule has 8 heteroatoms. The van der Waals surface area contributed by atoms with Gasteiger partial charge >= 0.3 is 11.7 Å². The van der Waals surface area contributed by atoms with Crippen LogP contribution in [-0.2, 0) is 14.3 Å². The van der Waals surface area contributed by atoms with Gasteiger partial charge in [0.2, 0.25) is 0 Å². The summed E-state index contributed by atoms with van der Waals surface area (Å²) in [6.45, 7) is 4.66. The summed E-state index contributed by atoms with van der Waals surface area (Å²) in [5, 5.41) is 9.36. The Morgan fingerprint density at radius 3 is 2.82 bits per heavy atom. The van der Waals surface area contributed by atoms with Gasteiger partial charge in [-0.3, -0.25) is 19.1 Å². The number of rotatable bonds is 4. The molecule has 2 heterocycles. The molecule has 1 aliphatic rings. The molecule has 2 rings (SSSR count). The summed E-state index contributed by atoms with van der Waals surface area (Å²) >= 11 is 0. The molecule has 0 spiro atoms. The van der Waals surface area contributed by atoms with Crippen LogP contribution in [0.3, 0.4) is 0 Å². The third-order valence-electron chi connectivity index (χ3n) is 3.56. The fourth-order valence-electron chi connectivity index (χ4n) is 2.24. The largest absolute Gasteiger partial charge is 0.459 e. The monoisotopic (exact) mass is 312 g/mol. The van der Waals surface area contributed by atoms with Gasteiger partial charge in [-0.25, -0.2) is 4.79 Å². The molecule has 0 radical (unpaired) electrons. The Bertz CT molecular complexity index is 662. The van der Waals surface area contributed by atoms with E-state index in [9.17, 15) is 19.5 Å². The smallest absolute Gasteiger partial charge is 0.330 e. The van der Waals surface area contributed by atoms with E-state index in [1.807, 2.05) is 0 Å². The summed E-state index contributed by atoms with van der Waals surface area (Å²) in [4.78, 5) is 37.1. The Labute approximate surface area is 126 Å². The lowest BCUT2D eigenvalue weighted by molar-refractivity contribution is -0.156. The van der Waals surface area contributed by atoms with Gasteiger partial charge in [0.25, 0.3) is 5.56 Å². The molecule has 122 valence electrons. The van der Waals surface area contributed by atoms with Gasteiger partial charge in [-0.1, -0.05) is 13.8 Å². The Morgan fingerprint density at radius 1 is 1.55 bits per heavy atom. The molecule has 2 N–H and O–H groups in total. The molecular weight excluding hydrogens is 292 g/mol. The lowest BCUT2D eigenvalue weighted by Crippen LogP contribution is -2.33. The number of nitrogens with one attached hydrogen (secondary N) is 1. The van der Waals surface area contributed by atoms with Crippen LogP contribution in [0.2, 0.25) is 0 Å². The highest BCUT2D eigenvalue weighted by Gasteiger charge is 2.39. The number of hydrogen-bond donors (Lipinski definition) is 2. The number of aliphatic hydroxyl groups is 1. The standard InChI is InChI=1S/C14H20N2O6/c1-7(2)13(19)22-9-4-11(21-10(9)6-17)16-5-8(3)12(18)15-14(16)20/h5,7,9-11,17H,4,6H2,1-3H3,(H,15,18,20)/t9-,10-,11+/m0/s1. The van der Waals surface area contributed by atoms with Crippen molar-refractivity contribution >= 4 is 5.97 Å². The minimum Gasteiger partial charge on any atom is -0.459 e. The number of carbonyl (C=O) groups is 1. The van der Waals surface area contributed by atoms with E-state index in [0.29, 0.717) is 5.56 Å². The molecule has 0 aromatic carbocycles. The van der Waals surface area contributed by atoms with Crippen LogP contribution in [0.4, 0.5) is 0 Å². The third kappa shape index (κ3) is 3.28. The molecule has 1 aromatic rings. The van der Waals surface area contributed by atoms with Gasteiger partial charge in [0.05, 0.1) is 12.5 Å². The molecule has 0 unspecified atom stereocenters. The van der Waals surface area contributed by atoms with E-state index in [0.717, 1.165) is 0 Å². The lowest BCUT2D eigenvalue weighted by atomic mass is 10.1. The normalized spacial score (nSPS) is 24.7. The predicted octanol–water partition coefficient (Wildman–Crippen LogP) is -0.307. The van der Waals surface area contributed by atoms with Crippen LogP contribution < -0.4 is 11.2 Å². The molecule has 0 aliphatic carbocycles. The summed E-state index contributed by atoms with van der Waals surface area (Å²) in [6, 6.07) is 0. The fourth-order valence-corrected chi connectivity index (χ4v) is 2.24. The van der Waals surface area contributed by atoms with Gasteiger partial charge in [0, 0.05) is 18.2 Å². The molecule has 1 aliphatic heterocycles. The zero-order valence-corrected chi connectivity index (χ0v) is 12.7. The molecule has 22 heavy (non-hydrogen) atoms. The second-order valence-corrected chi connectivity index (χ2v) is 5.66. The number of carbonyl (C=O) groups excluding carboxylic acids is 1. The quantitative estimate of drug-likeness (QED) is 0.738. The van der Waals surface area contributed by atoms with Crippen molar-refractivity contribution in [2.45, 2.75) is 45.6 Å². The molecule has 1 saturated heterocycles. The van der Waals surface area contributed by atoms with E-state index in [1.165, 1.54) is 10.8 Å². The number of aromatic nitrogens is 2. The molecule has 8 nitrogen and oxygen atoms in total. The molecule has 1 aromatic heterocycles. The maximum Gasteiger partial charge on any atom is 0.330 e.